The Morgan fingerprint density at radius 1 is 1.41 bits per heavy atom. The standard InChI is InChI=1S/C16H22ClN3OS/c1-15(2,3)10-16(4,5)19-12(21)7-6-11-13(17)18-14-20(11)8-9-22-14/h6-9H,10H2,1-5H3,(H,19,21)/b7-6-. The molecule has 22 heavy (non-hydrogen) atoms. The molecular formula is C16H22ClN3OS. The van der Waals surface area contributed by atoms with E-state index in [0.29, 0.717) is 5.15 Å². The van der Waals surface area contributed by atoms with Crippen molar-refractivity contribution >= 4 is 39.9 Å². The predicted octanol–water partition coefficient (Wildman–Crippen LogP) is 4.39. The Bertz CT molecular complexity index is 707. The first-order valence-corrected chi connectivity index (χ1v) is 8.44. The first kappa shape index (κ1) is 17.0. The van der Waals surface area contributed by atoms with Gasteiger partial charge in [-0.05, 0) is 31.8 Å². The zero-order valence-corrected chi connectivity index (χ0v) is 15.2. The molecule has 120 valence electrons. The van der Waals surface area contributed by atoms with Gasteiger partial charge in [0, 0.05) is 23.2 Å². The van der Waals surface area contributed by atoms with Crippen LogP contribution in [0.3, 0.4) is 0 Å². The molecule has 0 aliphatic carbocycles. The molecule has 1 N–H and O–H groups in total. The molecule has 2 aromatic rings. The van der Waals surface area contributed by atoms with Crippen LogP contribution in [-0.2, 0) is 4.79 Å². The van der Waals surface area contributed by atoms with Gasteiger partial charge in [-0.3, -0.25) is 9.20 Å². The molecular weight excluding hydrogens is 318 g/mol. The van der Waals surface area contributed by atoms with Gasteiger partial charge in [-0.1, -0.05) is 32.4 Å². The fourth-order valence-electron chi connectivity index (χ4n) is 2.83. The predicted molar refractivity (Wildman–Crippen MR) is 93.4 cm³/mol. The molecule has 0 saturated carbocycles. The van der Waals surface area contributed by atoms with E-state index in [9.17, 15) is 4.79 Å². The van der Waals surface area contributed by atoms with Crippen molar-refractivity contribution in [2.24, 2.45) is 5.41 Å². The van der Waals surface area contributed by atoms with Gasteiger partial charge in [0.1, 0.15) is 0 Å². The summed E-state index contributed by atoms with van der Waals surface area (Å²) in [5.74, 6) is -0.129. The third-order valence-corrected chi connectivity index (χ3v) is 4.12. The highest BCUT2D eigenvalue weighted by Gasteiger charge is 2.26. The van der Waals surface area contributed by atoms with Crippen LogP contribution in [0, 0.1) is 5.41 Å². The third-order valence-electron chi connectivity index (χ3n) is 3.08. The van der Waals surface area contributed by atoms with Crippen LogP contribution in [0.5, 0.6) is 0 Å². The van der Waals surface area contributed by atoms with E-state index in [1.54, 1.807) is 6.08 Å². The maximum absolute atomic E-state index is 12.2. The number of hydrogen-bond acceptors (Lipinski definition) is 3. The minimum Gasteiger partial charge on any atom is -0.348 e. The molecule has 0 bridgehead atoms. The summed E-state index contributed by atoms with van der Waals surface area (Å²) >= 11 is 7.61. The summed E-state index contributed by atoms with van der Waals surface area (Å²) in [6.07, 6.45) is 6.00. The normalized spacial score (nSPS) is 13.2. The number of halogens is 1. The summed E-state index contributed by atoms with van der Waals surface area (Å²) in [5, 5.41) is 5.38. The van der Waals surface area contributed by atoms with E-state index < -0.39 is 0 Å². The number of carbonyl (C=O) groups excluding carboxylic acids is 1. The van der Waals surface area contributed by atoms with Crippen LogP contribution < -0.4 is 5.32 Å². The van der Waals surface area contributed by atoms with Crippen molar-refractivity contribution in [1.82, 2.24) is 14.7 Å². The molecule has 0 fully saturated rings. The highest BCUT2D eigenvalue weighted by atomic mass is 35.5. The average molecular weight is 340 g/mol. The second-order valence-corrected chi connectivity index (χ2v) is 8.52. The lowest BCUT2D eigenvalue weighted by molar-refractivity contribution is -0.118. The van der Waals surface area contributed by atoms with Crippen LogP contribution in [0.1, 0.15) is 46.7 Å². The molecule has 0 radical (unpaired) electrons. The van der Waals surface area contributed by atoms with Crippen molar-refractivity contribution in [2.45, 2.75) is 46.6 Å². The molecule has 0 spiro atoms. The molecule has 0 aliphatic heterocycles. The minimum absolute atomic E-state index is 0.129. The van der Waals surface area contributed by atoms with E-state index in [1.165, 1.54) is 17.4 Å². The summed E-state index contributed by atoms with van der Waals surface area (Å²) in [7, 11) is 0. The van der Waals surface area contributed by atoms with Gasteiger partial charge in [0.05, 0.1) is 5.69 Å². The Hall–Kier alpha value is -1.33. The van der Waals surface area contributed by atoms with Gasteiger partial charge >= 0.3 is 0 Å². The molecule has 2 heterocycles. The fraction of sp³-hybridized carbons (Fsp3) is 0.500. The van der Waals surface area contributed by atoms with Crippen LogP contribution in [0.25, 0.3) is 11.0 Å². The van der Waals surface area contributed by atoms with Gasteiger partial charge in [0.15, 0.2) is 10.1 Å². The lowest BCUT2D eigenvalue weighted by Gasteiger charge is -2.32. The molecule has 0 aromatic carbocycles. The summed E-state index contributed by atoms with van der Waals surface area (Å²) in [4.78, 5) is 17.2. The van der Waals surface area contributed by atoms with Crippen LogP contribution >= 0.6 is 22.9 Å². The summed E-state index contributed by atoms with van der Waals surface area (Å²) in [5.41, 5.74) is 0.609. The number of carbonyl (C=O) groups is 1. The monoisotopic (exact) mass is 339 g/mol. The van der Waals surface area contributed by atoms with Crippen molar-refractivity contribution in [3.63, 3.8) is 0 Å². The van der Waals surface area contributed by atoms with Gasteiger partial charge in [0.2, 0.25) is 5.91 Å². The van der Waals surface area contributed by atoms with E-state index in [-0.39, 0.29) is 16.9 Å². The van der Waals surface area contributed by atoms with Crippen molar-refractivity contribution in [3.05, 3.63) is 28.5 Å². The number of nitrogens with zero attached hydrogens (tertiary/aromatic N) is 2. The molecule has 0 aliphatic rings. The number of rotatable bonds is 4. The number of nitrogens with one attached hydrogen (secondary N) is 1. The van der Waals surface area contributed by atoms with Gasteiger partial charge < -0.3 is 5.32 Å². The molecule has 2 rings (SSSR count). The molecule has 2 aromatic heterocycles. The van der Waals surface area contributed by atoms with E-state index in [1.807, 2.05) is 29.8 Å². The van der Waals surface area contributed by atoms with Crippen LogP contribution in [0.4, 0.5) is 0 Å². The van der Waals surface area contributed by atoms with Gasteiger partial charge in [-0.25, -0.2) is 4.98 Å². The zero-order valence-electron chi connectivity index (χ0n) is 13.6. The SMILES string of the molecule is CC(C)(C)CC(C)(C)NC(=O)/C=C\c1c(Cl)nc2sccn12. The molecule has 0 unspecified atom stereocenters. The number of fused-ring (bicyclic) bond motifs is 1. The highest BCUT2D eigenvalue weighted by molar-refractivity contribution is 7.15. The lowest BCUT2D eigenvalue weighted by Crippen LogP contribution is -2.45. The van der Waals surface area contributed by atoms with Crippen LogP contribution in [-0.4, -0.2) is 20.8 Å². The summed E-state index contributed by atoms with van der Waals surface area (Å²) < 4.78 is 1.87. The Morgan fingerprint density at radius 2 is 2.09 bits per heavy atom. The smallest absolute Gasteiger partial charge is 0.244 e. The number of hydrogen-bond donors (Lipinski definition) is 1. The van der Waals surface area contributed by atoms with Crippen LogP contribution in [0.2, 0.25) is 5.15 Å². The molecule has 4 nitrogen and oxygen atoms in total. The largest absolute Gasteiger partial charge is 0.348 e. The summed E-state index contributed by atoms with van der Waals surface area (Å²) in [6.45, 7) is 10.6. The van der Waals surface area contributed by atoms with Crippen LogP contribution in [0.15, 0.2) is 17.7 Å². The second kappa shape index (κ2) is 6.05. The van der Waals surface area contributed by atoms with E-state index in [4.69, 9.17) is 11.6 Å². The quantitative estimate of drug-likeness (QED) is 0.839. The molecule has 6 heteroatoms. The summed E-state index contributed by atoms with van der Waals surface area (Å²) in [6, 6.07) is 0. The third kappa shape index (κ3) is 4.34. The molecule has 0 atom stereocenters. The topological polar surface area (TPSA) is 46.4 Å². The second-order valence-electron chi connectivity index (χ2n) is 7.29. The number of amides is 1. The van der Waals surface area contributed by atoms with E-state index in [0.717, 1.165) is 17.1 Å². The fourth-order valence-corrected chi connectivity index (χ4v) is 3.83. The zero-order chi connectivity index (χ0) is 16.5. The van der Waals surface area contributed by atoms with Crippen molar-refractivity contribution in [1.29, 1.82) is 0 Å². The van der Waals surface area contributed by atoms with Crippen molar-refractivity contribution < 1.29 is 4.79 Å². The average Bonchev–Trinajstić information content (AvgIpc) is 2.82. The Balaban J connectivity index is 2.08. The Labute approximate surface area is 140 Å². The van der Waals surface area contributed by atoms with Gasteiger partial charge in [-0.2, -0.15) is 0 Å². The van der Waals surface area contributed by atoms with E-state index >= 15 is 0 Å². The van der Waals surface area contributed by atoms with E-state index in [2.05, 4.69) is 31.1 Å². The maximum atomic E-state index is 12.2. The highest BCUT2D eigenvalue weighted by Crippen LogP contribution is 2.27. The Kier molecular flexibility index (Phi) is 4.68. The van der Waals surface area contributed by atoms with Crippen molar-refractivity contribution in [3.8, 4) is 0 Å². The lowest BCUT2D eigenvalue weighted by atomic mass is 9.82. The van der Waals surface area contributed by atoms with Gasteiger partial charge in [-0.15, -0.1) is 11.3 Å². The first-order valence-electron chi connectivity index (χ1n) is 7.19. The minimum atomic E-state index is -0.265. The molecule has 0 saturated heterocycles. The van der Waals surface area contributed by atoms with Crippen molar-refractivity contribution in [2.75, 3.05) is 0 Å². The number of imidazole rings is 1. The maximum Gasteiger partial charge on any atom is 0.244 e. The number of thiazole rings is 1. The molecule has 1 amide bonds. The Morgan fingerprint density at radius 3 is 2.73 bits per heavy atom. The van der Waals surface area contributed by atoms with Gasteiger partial charge in [0.25, 0.3) is 0 Å². The first-order chi connectivity index (χ1) is 10.1. The number of aromatic nitrogens is 2.